The molecule has 0 bridgehead atoms. The Morgan fingerprint density at radius 2 is 1.61 bits per heavy atom. The molecule has 2 unspecified atom stereocenters. The summed E-state index contributed by atoms with van der Waals surface area (Å²) in [4.78, 5) is 34.5. The average molecular weight is 354 g/mol. The number of hydrogen-bond acceptors (Lipinski definition) is 9. The second-order valence-electron chi connectivity index (χ2n) is 5.36. The number of rotatable bonds is 11. The summed E-state index contributed by atoms with van der Waals surface area (Å²) in [6.45, 7) is 5.46. The van der Waals surface area contributed by atoms with Gasteiger partial charge >= 0.3 is 11.9 Å². The van der Waals surface area contributed by atoms with E-state index in [0.717, 1.165) is 0 Å². The highest BCUT2D eigenvalue weighted by molar-refractivity contribution is 7.45. The van der Waals surface area contributed by atoms with E-state index in [4.69, 9.17) is 15.2 Å². The van der Waals surface area contributed by atoms with Gasteiger partial charge in [0, 0.05) is 6.54 Å². The van der Waals surface area contributed by atoms with E-state index in [2.05, 4.69) is 9.05 Å². The maximum atomic E-state index is 11.6. The van der Waals surface area contributed by atoms with E-state index in [1.807, 2.05) is 0 Å². The van der Waals surface area contributed by atoms with E-state index in [1.165, 1.54) is 0 Å². The highest BCUT2D eigenvalue weighted by Crippen LogP contribution is 2.38. The van der Waals surface area contributed by atoms with Crippen LogP contribution >= 0.6 is 7.82 Å². The topological polar surface area (TPSA) is 137 Å². The molecular formula is C13H25NO8P-. The second-order valence-corrected chi connectivity index (χ2v) is 6.77. The molecule has 0 aromatic heterocycles. The molecule has 0 rings (SSSR count). The summed E-state index contributed by atoms with van der Waals surface area (Å²) >= 11 is 0. The number of phosphoric acid groups is 1. The first-order valence-electron chi connectivity index (χ1n) is 7.26. The molecule has 0 aromatic carbocycles. The second kappa shape index (κ2) is 10.7. The number of carbonyl (C=O) groups is 2. The van der Waals surface area contributed by atoms with Crippen molar-refractivity contribution in [1.82, 2.24) is 0 Å². The van der Waals surface area contributed by atoms with Crippen molar-refractivity contribution in [1.29, 1.82) is 0 Å². The van der Waals surface area contributed by atoms with Crippen LogP contribution in [0, 0.1) is 11.8 Å². The molecule has 2 N–H and O–H groups in total. The number of esters is 2. The van der Waals surface area contributed by atoms with E-state index < -0.39 is 38.4 Å². The molecule has 0 saturated heterocycles. The predicted octanol–water partition coefficient (Wildman–Crippen LogP) is 0.214. The molecule has 9 nitrogen and oxygen atoms in total. The van der Waals surface area contributed by atoms with Gasteiger partial charge in [0.15, 0.2) is 6.10 Å². The van der Waals surface area contributed by atoms with Gasteiger partial charge in [-0.1, -0.05) is 27.7 Å². The van der Waals surface area contributed by atoms with Gasteiger partial charge in [0.2, 0.25) is 0 Å². The van der Waals surface area contributed by atoms with Crippen molar-refractivity contribution in [3.63, 3.8) is 0 Å². The van der Waals surface area contributed by atoms with Crippen molar-refractivity contribution in [3.8, 4) is 0 Å². The fourth-order valence-corrected chi connectivity index (χ4v) is 1.89. The van der Waals surface area contributed by atoms with Gasteiger partial charge in [-0.05, 0) is 0 Å². The molecule has 0 spiro atoms. The minimum Gasteiger partial charge on any atom is -0.756 e. The smallest absolute Gasteiger partial charge is 0.308 e. The molecular weight excluding hydrogens is 329 g/mol. The molecule has 0 amide bonds. The van der Waals surface area contributed by atoms with Crippen LogP contribution in [-0.2, 0) is 32.7 Å². The van der Waals surface area contributed by atoms with E-state index in [1.54, 1.807) is 27.7 Å². The van der Waals surface area contributed by atoms with Crippen LogP contribution in [0.2, 0.25) is 0 Å². The number of ether oxygens (including phenoxy) is 2. The molecule has 0 heterocycles. The summed E-state index contributed by atoms with van der Waals surface area (Å²) in [6.07, 6.45) is -1.06. The molecule has 0 aliphatic rings. The van der Waals surface area contributed by atoms with Crippen molar-refractivity contribution >= 4 is 19.8 Å². The van der Waals surface area contributed by atoms with Gasteiger partial charge in [0.25, 0.3) is 7.82 Å². The fourth-order valence-electron chi connectivity index (χ4n) is 1.13. The van der Waals surface area contributed by atoms with Crippen molar-refractivity contribution in [2.75, 3.05) is 26.4 Å². The average Bonchev–Trinajstić information content (AvgIpc) is 2.47. The minimum absolute atomic E-state index is 0.00730. The van der Waals surface area contributed by atoms with Gasteiger partial charge in [-0.15, -0.1) is 0 Å². The largest absolute Gasteiger partial charge is 0.756 e. The molecule has 0 aliphatic heterocycles. The third kappa shape index (κ3) is 10.4. The first kappa shape index (κ1) is 22.0. The monoisotopic (exact) mass is 354 g/mol. The summed E-state index contributed by atoms with van der Waals surface area (Å²) in [5, 5.41) is 0. The molecule has 0 fully saturated rings. The van der Waals surface area contributed by atoms with Gasteiger partial charge < -0.3 is 29.1 Å². The third-order valence-corrected chi connectivity index (χ3v) is 3.39. The van der Waals surface area contributed by atoms with Gasteiger partial charge in [-0.2, -0.15) is 0 Å². The van der Waals surface area contributed by atoms with Crippen LogP contribution in [0.15, 0.2) is 0 Å². The van der Waals surface area contributed by atoms with Crippen LogP contribution in [0.1, 0.15) is 27.7 Å². The van der Waals surface area contributed by atoms with Crippen molar-refractivity contribution < 1.29 is 37.6 Å². The lowest BCUT2D eigenvalue weighted by Crippen LogP contribution is -2.32. The van der Waals surface area contributed by atoms with E-state index in [0.29, 0.717) is 0 Å². The molecule has 2 atom stereocenters. The Morgan fingerprint density at radius 1 is 1.04 bits per heavy atom. The predicted molar refractivity (Wildman–Crippen MR) is 79.1 cm³/mol. The van der Waals surface area contributed by atoms with E-state index in [9.17, 15) is 19.0 Å². The lowest BCUT2D eigenvalue weighted by atomic mass is 10.2. The molecule has 0 aliphatic carbocycles. The van der Waals surface area contributed by atoms with Gasteiger partial charge in [-0.3, -0.25) is 14.2 Å². The van der Waals surface area contributed by atoms with Crippen molar-refractivity contribution in [3.05, 3.63) is 0 Å². The Bertz CT molecular complexity index is 426. The Labute approximate surface area is 136 Å². The van der Waals surface area contributed by atoms with Crippen LogP contribution in [-0.4, -0.2) is 44.4 Å². The van der Waals surface area contributed by atoms with Crippen molar-refractivity contribution in [2.45, 2.75) is 33.8 Å². The quantitative estimate of drug-likeness (QED) is 0.408. The number of phosphoric ester groups is 1. The van der Waals surface area contributed by atoms with Gasteiger partial charge in [0.1, 0.15) is 6.61 Å². The standard InChI is InChI=1S/C13H26NO8P/c1-9(2)12(15)19-7-11(22-13(16)10(3)4)8-21-23(17,18)20-6-5-14/h9-11H,5-8,14H2,1-4H3,(H,17,18)/p-1. The van der Waals surface area contributed by atoms with Gasteiger partial charge in [-0.25, -0.2) is 0 Å². The summed E-state index contributed by atoms with van der Waals surface area (Å²) in [7, 11) is -4.56. The summed E-state index contributed by atoms with van der Waals surface area (Å²) in [5.74, 6) is -1.86. The zero-order valence-electron chi connectivity index (χ0n) is 13.9. The highest BCUT2D eigenvalue weighted by atomic mass is 31.2. The molecule has 0 saturated carbocycles. The van der Waals surface area contributed by atoms with Crippen LogP contribution in [0.25, 0.3) is 0 Å². The Kier molecular flexibility index (Phi) is 10.3. The SMILES string of the molecule is CC(C)C(=O)OCC(COP(=O)([O-])OCCN)OC(=O)C(C)C. The maximum absolute atomic E-state index is 11.6. The van der Waals surface area contributed by atoms with Crippen LogP contribution < -0.4 is 10.6 Å². The minimum atomic E-state index is -4.56. The van der Waals surface area contributed by atoms with Crippen LogP contribution in [0.5, 0.6) is 0 Å². The summed E-state index contributed by atoms with van der Waals surface area (Å²) in [6, 6.07) is 0. The molecule has 136 valence electrons. The van der Waals surface area contributed by atoms with Crippen LogP contribution in [0.4, 0.5) is 0 Å². The summed E-state index contributed by atoms with van der Waals surface area (Å²) in [5.41, 5.74) is 5.13. The van der Waals surface area contributed by atoms with Crippen LogP contribution in [0.3, 0.4) is 0 Å². The van der Waals surface area contributed by atoms with E-state index >= 15 is 0 Å². The fraction of sp³-hybridized carbons (Fsp3) is 0.846. The Hall–Kier alpha value is -0.990. The molecule has 0 aromatic rings. The number of hydrogen-bond donors (Lipinski definition) is 1. The Morgan fingerprint density at radius 3 is 2.09 bits per heavy atom. The maximum Gasteiger partial charge on any atom is 0.308 e. The Balaban J connectivity index is 4.62. The number of nitrogens with two attached hydrogens (primary N) is 1. The zero-order chi connectivity index (χ0) is 18.0. The normalized spacial score (nSPS) is 15.3. The first-order chi connectivity index (χ1) is 10.6. The first-order valence-corrected chi connectivity index (χ1v) is 8.72. The lowest BCUT2D eigenvalue weighted by Gasteiger charge is -2.25. The molecule has 0 radical (unpaired) electrons. The van der Waals surface area contributed by atoms with Crippen molar-refractivity contribution in [2.24, 2.45) is 17.6 Å². The van der Waals surface area contributed by atoms with Gasteiger partial charge in [0.05, 0.1) is 25.0 Å². The third-order valence-electron chi connectivity index (χ3n) is 2.42. The zero-order valence-corrected chi connectivity index (χ0v) is 14.7. The van der Waals surface area contributed by atoms with E-state index in [-0.39, 0.29) is 25.7 Å². The lowest BCUT2D eigenvalue weighted by molar-refractivity contribution is -0.228. The number of carbonyl (C=O) groups excluding carboxylic acids is 2. The highest BCUT2D eigenvalue weighted by Gasteiger charge is 2.22. The molecule has 23 heavy (non-hydrogen) atoms. The molecule has 10 heteroatoms. The summed E-state index contributed by atoms with van der Waals surface area (Å²) < 4.78 is 30.5.